The lowest BCUT2D eigenvalue weighted by atomic mass is 9.96. The van der Waals surface area contributed by atoms with Crippen molar-refractivity contribution in [2.75, 3.05) is 13.7 Å². The molecule has 0 radical (unpaired) electrons. The fourth-order valence-corrected chi connectivity index (χ4v) is 5.57. The lowest BCUT2D eigenvalue weighted by molar-refractivity contribution is -0.958. The van der Waals surface area contributed by atoms with Crippen LogP contribution in [0, 0.1) is 10.7 Å². The van der Waals surface area contributed by atoms with Crippen LogP contribution in [0.2, 0.25) is 0 Å². The first kappa shape index (κ1) is 18.1. The Bertz CT molecular complexity index is 1050. The van der Waals surface area contributed by atoms with E-state index < -0.39 is 0 Å². The van der Waals surface area contributed by atoms with Crippen LogP contribution in [-0.4, -0.2) is 28.0 Å². The fourth-order valence-electron chi connectivity index (χ4n) is 4.45. The number of hydrogen-bond donors (Lipinski definition) is 1. The number of aromatic nitrogens is 3. The Morgan fingerprint density at radius 2 is 2.04 bits per heavy atom. The maximum absolute atomic E-state index is 5.74. The molecule has 0 bridgehead atoms. The highest BCUT2D eigenvalue weighted by molar-refractivity contribution is 7.71. The molecule has 1 fully saturated rings. The molecule has 1 N–H and O–H groups in total. The highest BCUT2D eigenvalue weighted by atomic mass is 32.1. The second-order valence-electron chi connectivity index (χ2n) is 7.82. The van der Waals surface area contributed by atoms with Gasteiger partial charge < -0.3 is 14.2 Å². The largest absolute Gasteiger partial charge is 0.497 e. The van der Waals surface area contributed by atoms with Gasteiger partial charge in [-0.1, -0.05) is 0 Å². The van der Waals surface area contributed by atoms with E-state index in [9.17, 15) is 0 Å². The summed E-state index contributed by atoms with van der Waals surface area (Å²) in [6.07, 6.45) is 3.87. The van der Waals surface area contributed by atoms with Gasteiger partial charge in [-0.15, -0.1) is 16.4 Å². The van der Waals surface area contributed by atoms with Crippen molar-refractivity contribution >= 4 is 23.6 Å². The molecule has 2 atom stereocenters. The lowest BCUT2D eigenvalue weighted by Crippen LogP contribution is -3.13. The van der Waals surface area contributed by atoms with E-state index >= 15 is 0 Å². The normalized spacial score (nSPS) is 21.5. The summed E-state index contributed by atoms with van der Waals surface area (Å²) in [6, 6.07) is 11.0. The zero-order valence-electron chi connectivity index (χ0n) is 16.2. The van der Waals surface area contributed by atoms with Crippen LogP contribution in [0.15, 0.2) is 35.7 Å². The van der Waals surface area contributed by atoms with Crippen molar-refractivity contribution in [3.8, 4) is 17.1 Å². The Labute approximate surface area is 174 Å². The first-order valence-corrected chi connectivity index (χ1v) is 11.1. The fraction of sp³-hybridized carbons (Fsp3) is 0.429. The zero-order valence-corrected chi connectivity index (χ0v) is 17.9. The molecule has 1 unspecified atom stereocenters. The molecule has 2 aliphatic rings. The highest BCUT2D eigenvalue weighted by Gasteiger charge is 2.43. The maximum Gasteiger partial charge on any atom is 0.202 e. The average molecular weight is 414 g/mol. The van der Waals surface area contributed by atoms with E-state index in [0.29, 0.717) is 6.04 Å². The number of methoxy groups -OCH3 is 1. The summed E-state index contributed by atoms with van der Waals surface area (Å²) < 4.78 is 10.1. The Kier molecular flexibility index (Phi) is 4.61. The molecule has 7 heteroatoms. The van der Waals surface area contributed by atoms with Crippen LogP contribution >= 0.6 is 23.6 Å². The Morgan fingerprint density at radius 1 is 1.25 bits per heavy atom. The third-order valence-electron chi connectivity index (χ3n) is 6.06. The third kappa shape index (κ3) is 3.11. The van der Waals surface area contributed by atoms with Crippen LogP contribution in [0.1, 0.15) is 29.3 Å². The topological polar surface area (TPSA) is 36.4 Å². The van der Waals surface area contributed by atoms with Gasteiger partial charge in [-0.2, -0.15) is 4.68 Å². The van der Waals surface area contributed by atoms with Gasteiger partial charge in [0, 0.05) is 35.4 Å². The summed E-state index contributed by atoms with van der Waals surface area (Å²) in [4.78, 5) is 3.19. The number of nitrogens with one attached hydrogen (secondary N) is 1. The molecular weight excluding hydrogens is 388 g/mol. The van der Waals surface area contributed by atoms with Gasteiger partial charge >= 0.3 is 0 Å². The van der Waals surface area contributed by atoms with Crippen LogP contribution in [0.4, 0.5) is 0 Å². The molecular formula is C21H25N4OS2+. The average Bonchev–Trinajstić information content (AvgIpc) is 3.38. The van der Waals surface area contributed by atoms with Gasteiger partial charge in [0.2, 0.25) is 4.77 Å². The molecule has 2 aromatic heterocycles. The van der Waals surface area contributed by atoms with Crippen LogP contribution < -0.4 is 9.64 Å². The molecule has 28 heavy (non-hydrogen) atoms. The van der Waals surface area contributed by atoms with Gasteiger partial charge in [-0.25, -0.2) is 0 Å². The summed E-state index contributed by atoms with van der Waals surface area (Å²) in [5.74, 6) is 2.58. The first-order chi connectivity index (χ1) is 13.7. The predicted octanol–water partition coefficient (Wildman–Crippen LogP) is 3.24. The van der Waals surface area contributed by atoms with E-state index in [0.717, 1.165) is 47.5 Å². The summed E-state index contributed by atoms with van der Waals surface area (Å²) in [6.45, 7) is 1.99. The summed E-state index contributed by atoms with van der Waals surface area (Å²) >= 11 is 7.66. The smallest absolute Gasteiger partial charge is 0.202 e. The van der Waals surface area contributed by atoms with Gasteiger partial charge in [-0.05, 0) is 60.8 Å². The number of nitrogens with zero attached hydrogens (tertiary/aromatic N) is 3. The van der Waals surface area contributed by atoms with E-state index in [-0.39, 0.29) is 0 Å². The standard InChI is InChI=1S/C21H24N4OS2/c1-23-20(15-5-7-16(26-2)8-6-15)22-25(21(23)27)13-24-11-9-18-17(10-12-28-18)19(24)14-3-4-14/h5-8,10,12,14,19H,3-4,9,11,13H2,1-2H3/p+1/t19-/m1/s1. The number of rotatable bonds is 5. The minimum Gasteiger partial charge on any atom is -0.497 e. The van der Waals surface area contributed by atoms with Gasteiger partial charge in [0.05, 0.1) is 13.7 Å². The number of quaternary nitrogens is 1. The predicted molar refractivity (Wildman–Crippen MR) is 113 cm³/mol. The molecule has 0 spiro atoms. The maximum atomic E-state index is 5.74. The molecule has 3 heterocycles. The molecule has 1 saturated carbocycles. The molecule has 1 aliphatic carbocycles. The number of benzene rings is 1. The van der Waals surface area contributed by atoms with Crippen LogP contribution in [0.5, 0.6) is 5.75 Å². The Hall–Kier alpha value is -1.96. The van der Waals surface area contributed by atoms with Gasteiger partial charge in [-0.3, -0.25) is 0 Å². The van der Waals surface area contributed by atoms with Crippen molar-refractivity contribution in [1.82, 2.24) is 14.3 Å². The number of fused-ring (bicyclic) bond motifs is 1. The van der Waals surface area contributed by atoms with Crippen LogP contribution in [0.3, 0.4) is 0 Å². The van der Waals surface area contributed by atoms with Crippen molar-refractivity contribution in [2.45, 2.75) is 32.0 Å². The lowest BCUT2D eigenvalue weighted by Gasteiger charge is -2.32. The van der Waals surface area contributed by atoms with Crippen molar-refractivity contribution < 1.29 is 9.64 Å². The zero-order chi connectivity index (χ0) is 19.3. The SMILES string of the molecule is COc1ccc(-c2nn(C[NH+]3CCc4sccc4[C@H]3C3CC3)c(=S)n2C)cc1. The van der Waals surface area contributed by atoms with Gasteiger partial charge in [0.25, 0.3) is 0 Å². The number of ether oxygens (including phenoxy) is 1. The highest BCUT2D eigenvalue weighted by Crippen LogP contribution is 2.42. The molecule has 5 rings (SSSR count). The van der Waals surface area contributed by atoms with Crippen molar-refractivity contribution in [3.63, 3.8) is 0 Å². The summed E-state index contributed by atoms with van der Waals surface area (Å²) in [5, 5.41) is 7.16. The van der Waals surface area contributed by atoms with E-state index in [2.05, 4.69) is 11.4 Å². The Balaban J connectivity index is 1.45. The van der Waals surface area contributed by atoms with Gasteiger partial charge in [0.15, 0.2) is 12.5 Å². The molecule has 146 valence electrons. The van der Waals surface area contributed by atoms with Gasteiger partial charge in [0.1, 0.15) is 11.8 Å². The minimum absolute atomic E-state index is 0.600. The first-order valence-electron chi connectivity index (χ1n) is 9.85. The monoisotopic (exact) mass is 413 g/mol. The van der Waals surface area contributed by atoms with E-state index in [1.807, 2.05) is 51.9 Å². The Morgan fingerprint density at radius 3 is 2.75 bits per heavy atom. The molecule has 1 aliphatic heterocycles. The number of hydrogen-bond acceptors (Lipinski definition) is 4. The second kappa shape index (κ2) is 7.13. The van der Waals surface area contributed by atoms with E-state index in [4.69, 9.17) is 22.1 Å². The summed E-state index contributed by atoms with van der Waals surface area (Å²) in [5.41, 5.74) is 2.63. The molecule has 5 nitrogen and oxygen atoms in total. The summed E-state index contributed by atoms with van der Waals surface area (Å²) in [7, 11) is 3.69. The quantitative estimate of drug-likeness (QED) is 0.653. The molecule has 3 aromatic rings. The van der Waals surface area contributed by atoms with Crippen LogP contribution in [-0.2, 0) is 20.1 Å². The minimum atomic E-state index is 0.600. The molecule has 0 saturated heterocycles. The van der Waals surface area contributed by atoms with Crippen molar-refractivity contribution in [2.24, 2.45) is 13.0 Å². The number of thiophene rings is 1. The van der Waals surface area contributed by atoms with Crippen molar-refractivity contribution in [1.29, 1.82) is 0 Å². The third-order valence-corrected chi connectivity index (χ3v) is 7.54. The van der Waals surface area contributed by atoms with Crippen LogP contribution in [0.25, 0.3) is 11.4 Å². The second-order valence-corrected chi connectivity index (χ2v) is 9.19. The molecule has 1 aromatic carbocycles. The van der Waals surface area contributed by atoms with Crippen molar-refractivity contribution in [3.05, 3.63) is 50.9 Å². The van der Waals surface area contributed by atoms with E-state index in [1.165, 1.54) is 12.8 Å². The van der Waals surface area contributed by atoms with E-state index in [1.54, 1.807) is 22.5 Å². The molecule has 0 amide bonds.